The highest BCUT2D eigenvalue weighted by atomic mass is 16.4. The summed E-state index contributed by atoms with van der Waals surface area (Å²) in [7, 11) is 0. The van der Waals surface area contributed by atoms with Crippen molar-refractivity contribution in [3.05, 3.63) is 11.1 Å². The standard InChI is InChI=1S/C22H29NO3/c1-11-9-23-10-13-5-3-12-4-6-14-16(20(25)26)8-22(18(12)14)19(24)15(11)7-17(23)21(13,22)2/h11,13-17H,3-10H2,1-2H3,(H,25,26)/t11-,13-,14-,15-,16-,17-,21-,22+/m0/s1. The maximum Gasteiger partial charge on any atom is 0.307 e. The van der Waals surface area contributed by atoms with Crippen LogP contribution in [0.25, 0.3) is 0 Å². The molecule has 0 amide bonds. The number of ketones is 1. The van der Waals surface area contributed by atoms with E-state index in [1.165, 1.54) is 17.6 Å². The number of nitrogens with zero attached hydrogens (tertiary/aromatic N) is 1. The highest BCUT2D eigenvalue weighted by Gasteiger charge is 2.76. The normalized spacial score (nSPS) is 54.5. The average molecular weight is 355 g/mol. The van der Waals surface area contributed by atoms with Crippen LogP contribution >= 0.6 is 0 Å². The Balaban J connectivity index is 1.65. The minimum absolute atomic E-state index is 0.0510. The fourth-order valence-electron chi connectivity index (χ4n) is 8.87. The molecule has 0 radical (unpaired) electrons. The average Bonchev–Trinajstić information content (AvgIpc) is 3.21. The van der Waals surface area contributed by atoms with Gasteiger partial charge in [0.1, 0.15) is 5.78 Å². The molecule has 2 saturated heterocycles. The van der Waals surface area contributed by atoms with Crippen LogP contribution in [0, 0.1) is 40.4 Å². The molecular weight excluding hydrogens is 326 g/mol. The quantitative estimate of drug-likeness (QED) is 0.734. The number of piperidine rings is 1. The molecule has 6 rings (SSSR count). The lowest BCUT2D eigenvalue weighted by atomic mass is 9.45. The molecule has 26 heavy (non-hydrogen) atoms. The first-order valence-electron chi connectivity index (χ1n) is 10.6. The molecule has 140 valence electrons. The van der Waals surface area contributed by atoms with E-state index < -0.39 is 11.4 Å². The molecular formula is C22H29NO3. The van der Waals surface area contributed by atoms with Gasteiger partial charge in [-0.05, 0) is 56.3 Å². The molecule has 0 aromatic rings. The van der Waals surface area contributed by atoms with Gasteiger partial charge in [-0.3, -0.25) is 14.5 Å². The summed E-state index contributed by atoms with van der Waals surface area (Å²) < 4.78 is 0. The predicted octanol–water partition coefficient (Wildman–Crippen LogP) is 3.12. The van der Waals surface area contributed by atoms with E-state index in [0.717, 1.165) is 38.8 Å². The number of Topliss-reactive ketones (excluding diaryl/α,β-unsaturated/α-hetero) is 1. The van der Waals surface area contributed by atoms with Crippen LogP contribution in [0.4, 0.5) is 0 Å². The van der Waals surface area contributed by atoms with E-state index in [-0.39, 0.29) is 23.2 Å². The number of carboxylic acids is 1. The van der Waals surface area contributed by atoms with E-state index in [4.69, 9.17) is 0 Å². The minimum Gasteiger partial charge on any atom is -0.481 e. The van der Waals surface area contributed by atoms with Gasteiger partial charge < -0.3 is 5.11 Å². The van der Waals surface area contributed by atoms with Crippen LogP contribution in [0.15, 0.2) is 11.1 Å². The largest absolute Gasteiger partial charge is 0.481 e. The molecule has 8 atom stereocenters. The fraction of sp³-hybridized carbons (Fsp3) is 0.818. The lowest BCUT2D eigenvalue weighted by molar-refractivity contribution is -0.158. The first-order chi connectivity index (χ1) is 12.4. The number of hydrogen-bond donors (Lipinski definition) is 1. The molecule has 4 nitrogen and oxygen atoms in total. The number of carbonyl (C=O) groups excluding carboxylic acids is 1. The van der Waals surface area contributed by atoms with Crippen LogP contribution in [-0.2, 0) is 9.59 Å². The van der Waals surface area contributed by atoms with Gasteiger partial charge in [-0.15, -0.1) is 0 Å². The van der Waals surface area contributed by atoms with Crippen molar-refractivity contribution in [1.82, 2.24) is 4.90 Å². The van der Waals surface area contributed by atoms with Gasteiger partial charge in [0.15, 0.2) is 0 Å². The Morgan fingerprint density at radius 2 is 1.96 bits per heavy atom. The lowest BCUT2D eigenvalue weighted by Crippen LogP contribution is -2.64. The predicted molar refractivity (Wildman–Crippen MR) is 96.4 cm³/mol. The third-order valence-corrected chi connectivity index (χ3v) is 9.89. The highest BCUT2D eigenvalue weighted by Crippen LogP contribution is 2.74. The van der Waals surface area contributed by atoms with Crippen LogP contribution in [0.1, 0.15) is 52.4 Å². The van der Waals surface area contributed by atoms with Crippen molar-refractivity contribution in [2.45, 2.75) is 58.4 Å². The second kappa shape index (κ2) is 4.63. The zero-order valence-corrected chi connectivity index (χ0v) is 15.8. The second-order valence-corrected chi connectivity index (χ2v) is 10.4. The number of allylic oxidation sites excluding steroid dienone is 2. The number of carbonyl (C=O) groups is 2. The number of fused-ring (bicyclic) bond motifs is 1. The fourth-order valence-corrected chi connectivity index (χ4v) is 8.87. The van der Waals surface area contributed by atoms with Gasteiger partial charge >= 0.3 is 5.97 Å². The molecule has 4 aliphatic carbocycles. The summed E-state index contributed by atoms with van der Waals surface area (Å²) in [6.45, 7) is 6.82. The summed E-state index contributed by atoms with van der Waals surface area (Å²) in [5, 5.41) is 9.99. The summed E-state index contributed by atoms with van der Waals surface area (Å²) in [5.74, 6) is 0.657. The van der Waals surface area contributed by atoms with Crippen molar-refractivity contribution in [2.75, 3.05) is 13.1 Å². The third-order valence-electron chi connectivity index (χ3n) is 9.89. The van der Waals surface area contributed by atoms with Crippen LogP contribution in [0.5, 0.6) is 0 Å². The zero-order valence-electron chi connectivity index (χ0n) is 15.8. The summed E-state index contributed by atoms with van der Waals surface area (Å²) in [6, 6.07) is 0.479. The van der Waals surface area contributed by atoms with Gasteiger partial charge in [-0.1, -0.05) is 25.0 Å². The monoisotopic (exact) mass is 355 g/mol. The minimum atomic E-state index is -0.669. The molecule has 1 N–H and O–H groups in total. The molecule has 4 heteroatoms. The van der Waals surface area contributed by atoms with Gasteiger partial charge in [0.25, 0.3) is 0 Å². The summed E-state index contributed by atoms with van der Waals surface area (Å²) in [4.78, 5) is 29.0. The first-order valence-corrected chi connectivity index (χ1v) is 10.6. The van der Waals surface area contributed by atoms with Gasteiger partial charge in [-0.25, -0.2) is 0 Å². The van der Waals surface area contributed by atoms with Gasteiger partial charge in [0, 0.05) is 30.5 Å². The van der Waals surface area contributed by atoms with Crippen molar-refractivity contribution in [2.24, 2.45) is 40.4 Å². The van der Waals surface area contributed by atoms with E-state index in [1.807, 2.05) is 0 Å². The highest BCUT2D eigenvalue weighted by molar-refractivity contribution is 5.95. The maximum absolute atomic E-state index is 14.1. The van der Waals surface area contributed by atoms with E-state index in [9.17, 15) is 14.7 Å². The van der Waals surface area contributed by atoms with Gasteiger partial charge in [0.2, 0.25) is 0 Å². The number of hydrogen-bond acceptors (Lipinski definition) is 3. The van der Waals surface area contributed by atoms with Crippen LogP contribution in [-0.4, -0.2) is 40.9 Å². The smallest absolute Gasteiger partial charge is 0.307 e. The van der Waals surface area contributed by atoms with Crippen molar-refractivity contribution >= 4 is 11.8 Å². The topological polar surface area (TPSA) is 57.6 Å². The lowest BCUT2D eigenvalue weighted by Gasteiger charge is -2.59. The summed E-state index contributed by atoms with van der Waals surface area (Å²) in [5.41, 5.74) is 2.32. The van der Waals surface area contributed by atoms with Crippen molar-refractivity contribution in [1.29, 1.82) is 0 Å². The molecule has 1 spiro atoms. The maximum atomic E-state index is 14.1. The SMILES string of the molecule is C[C@H]1CN2C[C@@H]3CCC4=C5[C@@H](CC4)[C@@H](C(=O)O)C[C@]54C(=O)[C@H]1C[C@H]2[C@]34C. The Bertz CT molecular complexity index is 771. The molecule has 2 aliphatic heterocycles. The Morgan fingerprint density at radius 3 is 2.73 bits per heavy atom. The molecule has 2 bridgehead atoms. The van der Waals surface area contributed by atoms with E-state index in [1.54, 1.807) is 0 Å². The summed E-state index contributed by atoms with van der Waals surface area (Å²) in [6.07, 6.45) is 5.91. The van der Waals surface area contributed by atoms with E-state index in [2.05, 4.69) is 18.7 Å². The number of rotatable bonds is 1. The molecule has 4 fully saturated rings. The first kappa shape index (κ1) is 15.9. The van der Waals surface area contributed by atoms with Crippen LogP contribution in [0.3, 0.4) is 0 Å². The Morgan fingerprint density at radius 1 is 1.19 bits per heavy atom. The van der Waals surface area contributed by atoms with Gasteiger partial charge in [-0.2, -0.15) is 0 Å². The Kier molecular flexibility index (Phi) is 2.82. The van der Waals surface area contributed by atoms with Crippen molar-refractivity contribution in [3.8, 4) is 0 Å². The molecule has 2 heterocycles. The second-order valence-electron chi connectivity index (χ2n) is 10.4. The van der Waals surface area contributed by atoms with E-state index >= 15 is 0 Å². The van der Waals surface area contributed by atoms with Gasteiger partial charge in [0.05, 0.1) is 11.3 Å². The Hall–Kier alpha value is -1.16. The van der Waals surface area contributed by atoms with Crippen LogP contribution < -0.4 is 0 Å². The molecule has 6 aliphatic rings. The summed E-state index contributed by atoms with van der Waals surface area (Å²) >= 11 is 0. The Labute approximate surface area is 155 Å². The molecule has 0 unspecified atom stereocenters. The van der Waals surface area contributed by atoms with Crippen molar-refractivity contribution in [3.63, 3.8) is 0 Å². The number of carboxylic acid groups (broad SMARTS) is 1. The molecule has 0 aromatic heterocycles. The van der Waals surface area contributed by atoms with Crippen molar-refractivity contribution < 1.29 is 14.7 Å². The third kappa shape index (κ3) is 1.44. The zero-order chi connectivity index (χ0) is 18.0. The van der Waals surface area contributed by atoms with Crippen LogP contribution in [0.2, 0.25) is 0 Å². The number of aliphatic carboxylic acids is 1. The molecule has 2 saturated carbocycles. The van der Waals surface area contributed by atoms with E-state index in [0.29, 0.717) is 30.1 Å². The molecule has 0 aromatic carbocycles.